The second-order valence-electron chi connectivity index (χ2n) is 10.3. The molecule has 4 aromatic carbocycles. The molecule has 0 heterocycles. The van der Waals surface area contributed by atoms with Gasteiger partial charge in [0.05, 0.1) is 0 Å². The number of aromatic hydroxyl groups is 1. The predicted octanol–water partition coefficient (Wildman–Crippen LogP) is 8.33. The number of anilines is 1. The monoisotopic (exact) mass is 515 g/mol. The van der Waals surface area contributed by atoms with Crippen LogP contribution >= 0.6 is 0 Å². The van der Waals surface area contributed by atoms with Crippen LogP contribution in [0.15, 0.2) is 92.1 Å². The normalized spacial score (nSPS) is 11.7. The topological polar surface area (TPSA) is 32.3 Å². The summed E-state index contributed by atoms with van der Waals surface area (Å²) < 4.78 is 0. The first-order valence-corrected chi connectivity index (χ1v) is 14.1. The number of phenols is 1. The lowest BCUT2D eigenvalue weighted by Gasteiger charge is -2.19. The van der Waals surface area contributed by atoms with Gasteiger partial charge in [-0.2, -0.15) is 0 Å². The van der Waals surface area contributed by atoms with Gasteiger partial charge >= 0.3 is 0 Å². The molecule has 0 unspecified atom stereocenters. The van der Waals surface area contributed by atoms with Crippen molar-refractivity contribution in [2.45, 2.75) is 51.9 Å². The molecule has 4 aromatic rings. The Kier molecular flexibility index (Phi) is 9.44. The van der Waals surface area contributed by atoms with E-state index in [9.17, 15) is 5.11 Å². The Morgan fingerprint density at radius 2 is 1.64 bits per heavy atom. The summed E-state index contributed by atoms with van der Waals surface area (Å²) in [5, 5.41) is 21.4. The fourth-order valence-electron chi connectivity index (χ4n) is 5.45. The molecule has 0 aromatic heterocycles. The van der Waals surface area contributed by atoms with Gasteiger partial charge in [0.25, 0.3) is 0 Å². The molecule has 39 heavy (non-hydrogen) atoms. The molecule has 0 aliphatic carbocycles. The van der Waals surface area contributed by atoms with Crippen molar-refractivity contribution in [3.8, 4) is 5.75 Å². The predicted molar refractivity (Wildman–Crippen MR) is 172 cm³/mol. The molecule has 0 fully saturated rings. The number of unbranched alkanes of at least 4 members (excludes halogenated alkanes) is 2. The average molecular weight is 516 g/mol. The van der Waals surface area contributed by atoms with Crippen LogP contribution < -0.4 is 15.8 Å². The minimum atomic E-state index is 0.290. The highest BCUT2D eigenvalue weighted by Gasteiger charge is 2.17. The lowest BCUT2D eigenvalue weighted by molar-refractivity contribution is 0.481. The summed E-state index contributed by atoms with van der Waals surface area (Å²) in [6.07, 6.45) is 12.8. The molecular formula is C37H41NO. The number of hydrogen-bond acceptors (Lipinski definition) is 2. The molecule has 2 heteroatoms. The third-order valence-corrected chi connectivity index (χ3v) is 7.47. The third-order valence-electron chi connectivity index (χ3n) is 7.47. The van der Waals surface area contributed by atoms with Crippen LogP contribution in [0.4, 0.5) is 5.69 Å². The van der Waals surface area contributed by atoms with Crippen molar-refractivity contribution in [1.29, 1.82) is 0 Å². The summed E-state index contributed by atoms with van der Waals surface area (Å²) in [6.45, 7) is 19.2. The molecule has 0 saturated carbocycles. The number of fused-ring (bicyclic) bond motifs is 2. The SMILES string of the molecule is C=CCc1ccc(Cc2cc(O)c3c(=C)c4ccccc4/c(=C\CC)c3c2NCCCCCC(=C)C=C)cc1. The van der Waals surface area contributed by atoms with E-state index in [1.807, 2.05) is 24.3 Å². The minimum Gasteiger partial charge on any atom is -0.507 e. The van der Waals surface area contributed by atoms with Crippen molar-refractivity contribution in [2.24, 2.45) is 0 Å². The number of rotatable bonds is 13. The van der Waals surface area contributed by atoms with Crippen LogP contribution in [0.5, 0.6) is 5.75 Å². The number of phenolic OH excluding ortho intramolecular Hbond substituents is 1. The summed E-state index contributed by atoms with van der Waals surface area (Å²) in [6, 6.07) is 19.0. The molecule has 0 amide bonds. The zero-order valence-corrected chi connectivity index (χ0v) is 23.4. The van der Waals surface area contributed by atoms with Crippen LogP contribution in [0.25, 0.3) is 34.2 Å². The van der Waals surface area contributed by atoms with Gasteiger partial charge in [0.15, 0.2) is 0 Å². The fraction of sp³-hybridized carbons (Fsp3) is 0.243. The largest absolute Gasteiger partial charge is 0.507 e. The summed E-state index contributed by atoms with van der Waals surface area (Å²) in [5.41, 5.74) is 5.76. The van der Waals surface area contributed by atoms with Gasteiger partial charge in [-0.3, -0.25) is 0 Å². The van der Waals surface area contributed by atoms with Crippen LogP contribution in [-0.4, -0.2) is 11.7 Å². The Balaban J connectivity index is 1.83. The maximum Gasteiger partial charge on any atom is 0.124 e. The summed E-state index contributed by atoms with van der Waals surface area (Å²) in [7, 11) is 0. The van der Waals surface area contributed by atoms with Crippen molar-refractivity contribution in [3.63, 3.8) is 0 Å². The van der Waals surface area contributed by atoms with Gasteiger partial charge in [0, 0.05) is 23.0 Å². The second-order valence-corrected chi connectivity index (χ2v) is 10.3. The van der Waals surface area contributed by atoms with Crippen LogP contribution in [0, 0.1) is 0 Å². The van der Waals surface area contributed by atoms with E-state index in [-0.39, 0.29) is 0 Å². The highest BCUT2D eigenvalue weighted by atomic mass is 16.3. The van der Waals surface area contributed by atoms with Gasteiger partial charge in [0.1, 0.15) is 5.75 Å². The molecule has 0 atom stereocenters. The van der Waals surface area contributed by atoms with E-state index < -0.39 is 0 Å². The van der Waals surface area contributed by atoms with Crippen molar-refractivity contribution in [2.75, 3.05) is 11.9 Å². The molecule has 0 saturated heterocycles. The molecule has 0 bridgehead atoms. The Labute approximate surface area is 233 Å². The van der Waals surface area contributed by atoms with Crippen LogP contribution in [0.1, 0.15) is 55.7 Å². The van der Waals surface area contributed by atoms with Gasteiger partial charge in [-0.05, 0) is 82.5 Å². The van der Waals surface area contributed by atoms with Gasteiger partial charge in [-0.25, -0.2) is 0 Å². The Hall–Kier alpha value is -4.04. The molecule has 0 radical (unpaired) electrons. The third kappa shape index (κ3) is 6.34. The second kappa shape index (κ2) is 13.2. The first-order chi connectivity index (χ1) is 19.0. The first-order valence-electron chi connectivity index (χ1n) is 14.1. The quantitative estimate of drug-likeness (QED) is 0.0617. The Bertz CT molecular complexity index is 1610. The van der Waals surface area contributed by atoms with Gasteiger partial charge < -0.3 is 10.4 Å². The van der Waals surface area contributed by atoms with Crippen LogP contribution in [0.2, 0.25) is 0 Å². The first kappa shape index (κ1) is 28.0. The van der Waals surface area contributed by atoms with E-state index in [2.05, 4.69) is 87.1 Å². The summed E-state index contributed by atoms with van der Waals surface area (Å²) >= 11 is 0. The zero-order valence-electron chi connectivity index (χ0n) is 23.4. The van der Waals surface area contributed by atoms with Gasteiger partial charge in [-0.15, -0.1) is 6.58 Å². The average Bonchev–Trinajstić information content (AvgIpc) is 2.94. The Morgan fingerprint density at radius 3 is 2.33 bits per heavy atom. The van der Waals surface area contributed by atoms with Crippen molar-refractivity contribution in [1.82, 2.24) is 0 Å². The summed E-state index contributed by atoms with van der Waals surface area (Å²) in [4.78, 5) is 0. The number of hydrogen-bond donors (Lipinski definition) is 2. The molecular weight excluding hydrogens is 474 g/mol. The minimum absolute atomic E-state index is 0.290. The van der Waals surface area contributed by atoms with Gasteiger partial charge in [-0.1, -0.05) is 105 Å². The molecule has 200 valence electrons. The van der Waals surface area contributed by atoms with E-state index in [0.29, 0.717) is 5.75 Å². The van der Waals surface area contributed by atoms with Crippen molar-refractivity contribution >= 4 is 39.9 Å². The molecule has 0 aliphatic heterocycles. The highest BCUT2D eigenvalue weighted by Crippen LogP contribution is 2.34. The standard InChI is InChI=1S/C37H41NO/c1-6-14-28-19-21-29(22-20-28)24-30-25-34(39)35-27(5)31-17-11-12-18-32(31)33(15-7-2)36(35)37(30)38-23-13-9-10-16-26(4)8-3/h6,8,11-12,15,17-22,25,38-39H,1,3-5,7,9-10,13-14,16,23-24H2,2H3/b33-15+. The van der Waals surface area contributed by atoms with E-state index in [1.54, 1.807) is 0 Å². The Morgan fingerprint density at radius 1 is 0.923 bits per heavy atom. The molecule has 2 nitrogen and oxygen atoms in total. The molecule has 0 spiro atoms. The maximum absolute atomic E-state index is 11.4. The lowest BCUT2D eigenvalue weighted by atomic mass is 9.91. The van der Waals surface area contributed by atoms with E-state index in [4.69, 9.17) is 0 Å². The number of allylic oxidation sites excluding steroid dienone is 3. The van der Waals surface area contributed by atoms with Crippen molar-refractivity contribution < 1.29 is 5.11 Å². The van der Waals surface area contributed by atoms with E-state index in [0.717, 1.165) is 89.7 Å². The van der Waals surface area contributed by atoms with Crippen LogP contribution in [-0.2, 0) is 12.8 Å². The maximum atomic E-state index is 11.4. The summed E-state index contributed by atoms with van der Waals surface area (Å²) in [5.74, 6) is 0.290. The zero-order chi connectivity index (χ0) is 27.8. The molecule has 0 aliphatic rings. The van der Waals surface area contributed by atoms with E-state index >= 15 is 0 Å². The smallest absolute Gasteiger partial charge is 0.124 e. The lowest BCUT2D eigenvalue weighted by Crippen LogP contribution is -2.17. The highest BCUT2D eigenvalue weighted by molar-refractivity contribution is 6.08. The van der Waals surface area contributed by atoms with E-state index in [1.165, 1.54) is 21.7 Å². The number of nitrogens with one attached hydrogen (secondary N) is 1. The van der Waals surface area contributed by atoms with Gasteiger partial charge in [0.2, 0.25) is 0 Å². The number of benzene rings is 4. The molecule has 4 rings (SSSR count). The van der Waals surface area contributed by atoms with Crippen molar-refractivity contribution in [3.05, 3.63) is 119 Å². The molecule has 2 N–H and O–H groups in total. The fourth-order valence-corrected chi connectivity index (χ4v) is 5.45. The van der Waals surface area contributed by atoms with Crippen LogP contribution in [0.3, 0.4) is 0 Å².